The summed E-state index contributed by atoms with van der Waals surface area (Å²) in [7, 11) is 1.63. The second-order valence-corrected chi connectivity index (χ2v) is 8.55. The lowest BCUT2D eigenvalue weighted by Crippen LogP contribution is -2.39. The molecule has 0 unspecified atom stereocenters. The Morgan fingerprint density at radius 3 is 2.31 bits per heavy atom. The van der Waals surface area contributed by atoms with Gasteiger partial charge in [0.05, 0.1) is 29.6 Å². The highest BCUT2D eigenvalue weighted by Gasteiger charge is 2.15. The Morgan fingerprint density at radius 2 is 1.60 bits per heavy atom. The third-order valence-corrected chi connectivity index (χ3v) is 5.92. The van der Waals surface area contributed by atoms with Crippen LogP contribution in [0.25, 0.3) is 16.6 Å². The first kappa shape index (κ1) is 24.2. The van der Waals surface area contributed by atoms with E-state index in [4.69, 9.17) is 4.74 Å². The van der Waals surface area contributed by atoms with E-state index in [1.807, 2.05) is 37.3 Å². The molecule has 0 saturated carbocycles. The van der Waals surface area contributed by atoms with Crippen molar-refractivity contribution in [2.45, 2.75) is 26.3 Å². The van der Waals surface area contributed by atoms with Crippen LogP contribution in [0.4, 0.5) is 0 Å². The Labute approximate surface area is 203 Å². The highest BCUT2D eigenvalue weighted by Crippen LogP contribution is 2.14. The standard InChI is InChI=1S/C28H29N3O4/c1-20-8-10-22(11-9-20)19-30-25-7-4-3-6-24(25)27(33)31(28(30)34)23-14-12-21(13-15-23)18-26(32)29-16-5-17-35-2/h3-4,6-15H,5,16-19H2,1-2H3,(H,29,32). The fraction of sp³-hybridized carbons (Fsp3) is 0.250. The van der Waals surface area contributed by atoms with E-state index in [0.717, 1.165) is 23.1 Å². The molecule has 0 aliphatic heterocycles. The molecular weight excluding hydrogens is 442 g/mol. The molecule has 0 aliphatic rings. The van der Waals surface area contributed by atoms with Crippen LogP contribution in [0.3, 0.4) is 0 Å². The molecule has 35 heavy (non-hydrogen) atoms. The third-order valence-electron chi connectivity index (χ3n) is 5.92. The number of carbonyl (C=O) groups excluding carboxylic acids is 1. The molecule has 1 heterocycles. The van der Waals surface area contributed by atoms with Crippen molar-refractivity contribution in [3.8, 4) is 5.69 Å². The van der Waals surface area contributed by atoms with Gasteiger partial charge in [0, 0.05) is 20.3 Å². The van der Waals surface area contributed by atoms with E-state index in [1.165, 1.54) is 4.57 Å². The summed E-state index contributed by atoms with van der Waals surface area (Å²) in [5, 5.41) is 3.33. The van der Waals surface area contributed by atoms with Crippen LogP contribution in [0, 0.1) is 6.92 Å². The monoisotopic (exact) mass is 471 g/mol. The molecule has 7 nitrogen and oxygen atoms in total. The minimum absolute atomic E-state index is 0.0859. The summed E-state index contributed by atoms with van der Waals surface area (Å²) in [5.41, 5.74) is 3.20. The van der Waals surface area contributed by atoms with Crippen LogP contribution in [0.5, 0.6) is 0 Å². The average Bonchev–Trinajstić information content (AvgIpc) is 2.87. The molecule has 0 aliphatic carbocycles. The van der Waals surface area contributed by atoms with Crippen molar-refractivity contribution in [1.82, 2.24) is 14.5 Å². The number of aryl methyl sites for hydroxylation is 1. The summed E-state index contributed by atoms with van der Waals surface area (Å²) in [6, 6.07) is 22.1. The summed E-state index contributed by atoms with van der Waals surface area (Å²) in [6.07, 6.45) is 0.971. The number of rotatable bonds is 9. The lowest BCUT2D eigenvalue weighted by Gasteiger charge is -2.15. The van der Waals surface area contributed by atoms with E-state index in [1.54, 1.807) is 54.1 Å². The normalized spacial score (nSPS) is 11.0. The lowest BCUT2D eigenvalue weighted by molar-refractivity contribution is -0.120. The Balaban J connectivity index is 1.66. The number of para-hydroxylation sites is 1. The summed E-state index contributed by atoms with van der Waals surface area (Å²) in [6.45, 7) is 3.51. The van der Waals surface area contributed by atoms with Crippen molar-refractivity contribution >= 4 is 16.8 Å². The summed E-state index contributed by atoms with van der Waals surface area (Å²) in [5.74, 6) is -0.0859. The molecule has 0 radical (unpaired) electrons. The van der Waals surface area contributed by atoms with Crippen molar-refractivity contribution in [2.24, 2.45) is 0 Å². The zero-order chi connectivity index (χ0) is 24.8. The number of hydrogen-bond acceptors (Lipinski definition) is 4. The molecule has 1 amide bonds. The van der Waals surface area contributed by atoms with E-state index in [2.05, 4.69) is 5.32 Å². The van der Waals surface area contributed by atoms with Gasteiger partial charge in [-0.15, -0.1) is 0 Å². The van der Waals surface area contributed by atoms with E-state index >= 15 is 0 Å². The van der Waals surface area contributed by atoms with Crippen LogP contribution in [-0.2, 0) is 22.5 Å². The minimum atomic E-state index is -0.405. The first-order valence-corrected chi connectivity index (χ1v) is 11.6. The molecule has 0 atom stereocenters. The first-order valence-electron chi connectivity index (χ1n) is 11.6. The number of aromatic nitrogens is 2. The Bertz CT molecular complexity index is 1430. The Kier molecular flexibility index (Phi) is 7.57. The van der Waals surface area contributed by atoms with Crippen LogP contribution in [0.1, 0.15) is 23.1 Å². The second-order valence-electron chi connectivity index (χ2n) is 8.55. The van der Waals surface area contributed by atoms with Gasteiger partial charge in [-0.05, 0) is 48.7 Å². The molecule has 0 spiro atoms. The van der Waals surface area contributed by atoms with Gasteiger partial charge in [0.15, 0.2) is 0 Å². The number of amides is 1. The summed E-state index contributed by atoms with van der Waals surface area (Å²) >= 11 is 0. The van der Waals surface area contributed by atoms with Gasteiger partial charge >= 0.3 is 5.69 Å². The smallest absolute Gasteiger partial charge is 0.336 e. The summed E-state index contributed by atoms with van der Waals surface area (Å²) in [4.78, 5) is 39.0. The van der Waals surface area contributed by atoms with Gasteiger partial charge in [0.2, 0.25) is 5.91 Å². The van der Waals surface area contributed by atoms with Gasteiger partial charge in [-0.1, -0.05) is 54.1 Å². The lowest BCUT2D eigenvalue weighted by atomic mass is 10.1. The second kappa shape index (κ2) is 11.0. The predicted molar refractivity (Wildman–Crippen MR) is 137 cm³/mol. The molecule has 180 valence electrons. The van der Waals surface area contributed by atoms with Crippen molar-refractivity contribution in [2.75, 3.05) is 20.3 Å². The molecule has 3 aromatic carbocycles. The number of ether oxygens (including phenoxy) is 1. The minimum Gasteiger partial charge on any atom is -0.385 e. The van der Waals surface area contributed by atoms with Crippen LogP contribution < -0.4 is 16.6 Å². The van der Waals surface area contributed by atoms with Crippen LogP contribution in [0.2, 0.25) is 0 Å². The highest BCUT2D eigenvalue weighted by atomic mass is 16.5. The van der Waals surface area contributed by atoms with Crippen LogP contribution >= 0.6 is 0 Å². The molecular formula is C28H29N3O4. The van der Waals surface area contributed by atoms with Crippen LogP contribution in [-0.4, -0.2) is 35.3 Å². The molecule has 4 rings (SSSR count). The zero-order valence-corrected chi connectivity index (χ0v) is 20.0. The van der Waals surface area contributed by atoms with Gasteiger partial charge < -0.3 is 10.1 Å². The maximum Gasteiger partial charge on any atom is 0.336 e. The van der Waals surface area contributed by atoms with Gasteiger partial charge in [-0.3, -0.25) is 14.2 Å². The van der Waals surface area contributed by atoms with Crippen molar-refractivity contribution < 1.29 is 9.53 Å². The van der Waals surface area contributed by atoms with Gasteiger partial charge in [-0.2, -0.15) is 0 Å². The molecule has 0 fully saturated rings. The van der Waals surface area contributed by atoms with Crippen molar-refractivity contribution in [1.29, 1.82) is 0 Å². The van der Waals surface area contributed by atoms with E-state index < -0.39 is 5.69 Å². The third kappa shape index (κ3) is 5.58. The number of benzene rings is 3. The van der Waals surface area contributed by atoms with Gasteiger partial charge in [-0.25, -0.2) is 9.36 Å². The molecule has 7 heteroatoms. The molecule has 4 aromatic rings. The predicted octanol–water partition coefficient (Wildman–Crippen LogP) is 3.20. The summed E-state index contributed by atoms with van der Waals surface area (Å²) < 4.78 is 7.81. The number of hydrogen-bond donors (Lipinski definition) is 1. The SMILES string of the molecule is COCCCNC(=O)Cc1ccc(-n2c(=O)c3ccccc3n(Cc3ccc(C)cc3)c2=O)cc1. The molecule has 1 N–H and O–H groups in total. The fourth-order valence-corrected chi connectivity index (χ4v) is 4.03. The molecule has 0 saturated heterocycles. The number of methoxy groups -OCH3 is 1. The van der Waals surface area contributed by atoms with E-state index in [-0.39, 0.29) is 17.9 Å². The van der Waals surface area contributed by atoms with E-state index in [0.29, 0.717) is 36.3 Å². The van der Waals surface area contributed by atoms with Crippen molar-refractivity contribution in [3.05, 3.63) is 110 Å². The maximum absolute atomic E-state index is 13.6. The van der Waals surface area contributed by atoms with E-state index in [9.17, 15) is 14.4 Å². The quantitative estimate of drug-likeness (QED) is 0.380. The number of carbonyl (C=O) groups is 1. The highest BCUT2D eigenvalue weighted by molar-refractivity contribution is 5.79. The fourth-order valence-electron chi connectivity index (χ4n) is 4.03. The van der Waals surface area contributed by atoms with Gasteiger partial charge in [0.25, 0.3) is 5.56 Å². The molecule has 1 aromatic heterocycles. The maximum atomic E-state index is 13.6. The Morgan fingerprint density at radius 1 is 0.914 bits per heavy atom. The zero-order valence-electron chi connectivity index (χ0n) is 20.0. The number of nitrogens with one attached hydrogen (secondary N) is 1. The molecule has 0 bridgehead atoms. The largest absolute Gasteiger partial charge is 0.385 e. The topological polar surface area (TPSA) is 82.3 Å². The van der Waals surface area contributed by atoms with Crippen LogP contribution in [0.15, 0.2) is 82.4 Å². The van der Waals surface area contributed by atoms with Gasteiger partial charge in [0.1, 0.15) is 0 Å². The first-order chi connectivity index (χ1) is 17.0. The number of fused-ring (bicyclic) bond motifs is 1. The van der Waals surface area contributed by atoms with Crippen molar-refractivity contribution in [3.63, 3.8) is 0 Å². The average molecular weight is 472 g/mol. The number of nitrogens with zero attached hydrogens (tertiary/aromatic N) is 2. The Hall–Kier alpha value is -3.97.